The van der Waals surface area contributed by atoms with Gasteiger partial charge in [0.15, 0.2) is 0 Å². The first-order valence-corrected chi connectivity index (χ1v) is 5.14. The molecule has 0 bridgehead atoms. The molecule has 1 aromatic heterocycles. The molecule has 0 spiro atoms. The Labute approximate surface area is 84.5 Å². The Kier molecular flexibility index (Phi) is 3.11. The minimum atomic E-state index is 0.530. The van der Waals surface area contributed by atoms with Crippen molar-refractivity contribution in [2.24, 2.45) is 0 Å². The molecule has 2 rings (SSSR count). The third kappa shape index (κ3) is 2.30. The Morgan fingerprint density at radius 1 is 1.43 bits per heavy atom. The first kappa shape index (κ1) is 9.62. The molecule has 1 fully saturated rings. The molecule has 0 saturated carbocycles. The Balaban J connectivity index is 1.87. The zero-order valence-electron chi connectivity index (χ0n) is 8.49. The van der Waals surface area contributed by atoms with Crippen LogP contribution in [0, 0.1) is 0 Å². The number of aryl methyl sites for hydroxylation is 1. The number of nitrogens with one attached hydrogen (secondary N) is 1. The molecule has 1 aliphatic heterocycles. The quantitative estimate of drug-likeness (QED) is 0.776. The van der Waals surface area contributed by atoms with Gasteiger partial charge in [0, 0.05) is 12.2 Å². The van der Waals surface area contributed by atoms with Crippen LogP contribution in [0.15, 0.2) is 18.2 Å². The van der Waals surface area contributed by atoms with Crippen molar-refractivity contribution >= 4 is 0 Å². The summed E-state index contributed by atoms with van der Waals surface area (Å²) in [6, 6.07) is 6.73. The molecule has 0 aliphatic carbocycles. The fraction of sp³-hybridized carbons (Fsp3) is 0.545. The van der Waals surface area contributed by atoms with Crippen molar-refractivity contribution in [1.82, 2.24) is 10.3 Å². The van der Waals surface area contributed by atoms with Crippen LogP contribution in [0.25, 0.3) is 0 Å². The number of pyridine rings is 1. The number of ether oxygens (including phenoxy) is 1. The lowest BCUT2D eigenvalue weighted by Gasteiger charge is -2.26. The second-order valence-corrected chi connectivity index (χ2v) is 3.59. The van der Waals surface area contributed by atoms with Crippen LogP contribution in [0.3, 0.4) is 0 Å². The zero-order chi connectivity index (χ0) is 9.80. The molecule has 3 nitrogen and oxygen atoms in total. The lowest BCUT2D eigenvalue weighted by Crippen LogP contribution is -2.45. The molecule has 1 N–H and O–H groups in total. The number of hydrogen-bond acceptors (Lipinski definition) is 3. The van der Waals surface area contributed by atoms with Gasteiger partial charge in [-0.05, 0) is 18.6 Å². The molecule has 0 unspecified atom stereocenters. The highest BCUT2D eigenvalue weighted by Gasteiger charge is 2.16. The van der Waals surface area contributed by atoms with Gasteiger partial charge in [0.1, 0.15) is 0 Å². The van der Waals surface area contributed by atoms with Crippen LogP contribution in [0.1, 0.15) is 18.3 Å². The van der Waals surface area contributed by atoms with Crippen molar-refractivity contribution < 1.29 is 4.74 Å². The molecule has 1 aliphatic rings. The standard InChI is InChI=1S/C11H16N2O/c1-2-9-4-3-5-10(13-9)6-12-11-7-14-8-11/h3-5,11-12H,2,6-8H2,1H3. The molecule has 1 saturated heterocycles. The molecular weight excluding hydrogens is 176 g/mol. The minimum absolute atomic E-state index is 0.530. The minimum Gasteiger partial charge on any atom is -0.378 e. The summed E-state index contributed by atoms with van der Waals surface area (Å²) in [5.41, 5.74) is 2.28. The second kappa shape index (κ2) is 4.53. The van der Waals surface area contributed by atoms with E-state index in [2.05, 4.69) is 35.4 Å². The van der Waals surface area contributed by atoms with Gasteiger partial charge in [-0.3, -0.25) is 4.98 Å². The van der Waals surface area contributed by atoms with Crippen LogP contribution in [0.2, 0.25) is 0 Å². The summed E-state index contributed by atoms with van der Waals surface area (Å²) < 4.78 is 5.09. The number of rotatable bonds is 4. The molecule has 0 atom stereocenters. The van der Waals surface area contributed by atoms with E-state index in [9.17, 15) is 0 Å². The van der Waals surface area contributed by atoms with Gasteiger partial charge in [-0.25, -0.2) is 0 Å². The smallest absolute Gasteiger partial charge is 0.0643 e. The van der Waals surface area contributed by atoms with Crippen LogP contribution in [0.5, 0.6) is 0 Å². The molecule has 14 heavy (non-hydrogen) atoms. The first-order chi connectivity index (χ1) is 6.88. The van der Waals surface area contributed by atoms with E-state index in [-0.39, 0.29) is 0 Å². The summed E-state index contributed by atoms with van der Waals surface area (Å²) in [7, 11) is 0. The van der Waals surface area contributed by atoms with E-state index in [4.69, 9.17) is 4.74 Å². The normalized spacial score (nSPS) is 16.6. The van der Waals surface area contributed by atoms with E-state index in [0.29, 0.717) is 6.04 Å². The summed E-state index contributed by atoms with van der Waals surface area (Å²) >= 11 is 0. The molecule has 0 aromatic carbocycles. The highest BCUT2D eigenvalue weighted by molar-refractivity contribution is 5.11. The van der Waals surface area contributed by atoms with Gasteiger partial charge in [-0.15, -0.1) is 0 Å². The van der Waals surface area contributed by atoms with Crippen molar-refractivity contribution in [1.29, 1.82) is 0 Å². The summed E-state index contributed by atoms with van der Waals surface area (Å²) in [5.74, 6) is 0. The predicted molar refractivity (Wildman–Crippen MR) is 55.1 cm³/mol. The van der Waals surface area contributed by atoms with E-state index < -0.39 is 0 Å². The summed E-state index contributed by atoms with van der Waals surface area (Å²) in [4.78, 5) is 4.52. The molecule has 1 aromatic rings. The van der Waals surface area contributed by atoms with Gasteiger partial charge in [-0.2, -0.15) is 0 Å². The van der Waals surface area contributed by atoms with E-state index >= 15 is 0 Å². The maximum Gasteiger partial charge on any atom is 0.0643 e. The Bertz CT molecular complexity index is 297. The van der Waals surface area contributed by atoms with Gasteiger partial charge in [0.25, 0.3) is 0 Å². The Morgan fingerprint density at radius 2 is 2.21 bits per heavy atom. The molecule has 3 heteroatoms. The molecule has 76 valence electrons. The van der Waals surface area contributed by atoms with Gasteiger partial charge in [0.05, 0.1) is 24.9 Å². The first-order valence-electron chi connectivity index (χ1n) is 5.14. The topological polar surface area (TPSA) is 34.1 Å². The lowest BCUT2D eigenvalue weighted by atomic mass is 10.2. The van der Waals surface area contributed by atoms with E-state index in [1.165, 1.54) is 0 Å². The molecule has 0 amide bonds. The SMILES string of the molecule is CCc1cccc(CNC2COC2)n1. The lowest BCUT2D eigenvalue weighted by molar-refractivity contribution is -0.00591. The molecule has 0 radical (unpaired) electrons. The largest absolute Gasteiger partial charge is 0.378 e. The number of nitrogens with zero attached hydrogens (tertiary/aromatic N) is 1. The third-order valence-electron chi connectivity index (χ3n) is 2.44. The van der Waals surface area contributed by atoms with Crippen molar-refractivity contribution in [2.75, 3.05) is 13.2 Å². The fourth-order valence-corrected chi connectivity index (χ4v) is 1.43. The Hall–Kier alpha value is -0.930. The predicted octanol–water partition coefficient (Wildman–Crippen LogP) is 1.13. The van der Waals surface area contributed by atoms with E-state index in [1.807, 2.05) is 0 Å². The van der Waals surface area contributed by atoms with E-state index in [0.717, 1.165) is 37.6 Å². The van der Waals surface area contributed by atoms with Crippen LogP contribution >= 0.6 is 0 Å². The second-order valence-electron chi connectivity index (χ2n) is 3.59. The van der Waals surface area contributed by atoms with Gasteiger partial charge in [0.2, 0.25) is 0 Å². The van der Waals surface area contributed by atoms with Crippen molar-refractivity contribution in [3.8, 4) is 0 Å². The van der Waals surface area contributed by atoms with Gasteiger partial charge < -0.3 is 10.1 Å². The average molecular weight is 192 g/mol. The maximum atomic E-state index is 5.09. The van der Waals surface area contributed by atoms with Crippen LogP contribution < -0.4 is 5.32 Å². The van der Waals surface area contributed by atoms with Crippen LogP contribution in [-0.2, 0) is 17.7 Å². The highest BCUT2D eigenvalue weighted by atomic mass is 16.5. The van der Waals surface area contributed by atoms with Crippen molar-refractivity contribution in [3.05, 3.63) is 29.6 Å². The molecular formula is C11H16N2O. The summed E-state index contributed by atoms with van der Waals surface area (Å²) in [6.45, 7) is 4.65. The highest BCUT2D eigenvalue weighted by Crippen LogP contribution is 2.03. The average Bonchev–Trinajstić information content (AvgIpc) is 2.16. The summed E-state index contributed by atoms with van der Waals surface area (Å²) in [6.07, 6.45) is 1.00. The maximum absolute atomic E-state index is 5.09. The number of hydrogen-bond donors (Lipinski definition) is 1. The van der Waals surface area contributed by atoms with Crippen LogP contribution in [-0.4, -0.2) is 24.2 Å². The van der Waals surface area contributed by atoms with Crippen molar-refractivity contribution in [3.63, 3.8) is 0 Å². The third-order valence-corrected chi connectivity index (χ3v) is 2.44. The van der Waals surface area contributed by atoms with Crippen LogP contribution in [0.4, 0.5) is 0 Å². The fourth-order valence-electron chi connectivity index (χ4n) is 1.43. The monoisotopic (exact) mass is 192 g/mol. The Morgan fingerprint density at radius 3 is 2.86 bits per heavy atom. The zero-order valence-corrected chi connectivity index (χ0v) is 8.49. The van der Waals surface area contributed by atoms with Gasteiger partial charge >= 0.3 is 0 Å². The summed E-state index contributed by atoms with van der Waals surface area (Å²) in [5, 5.41) is 3.40. The molecule has 2 heterocycles. The van der Waals surface area contributed by atoms with Crippen molar-refractivity contribution in [2.45, 2.75) is 25.9 Å². The number of aromatic nitrogens is 1. The van der Waals surface area contributed by atoms with Gasteiger partial charge in [-0.1, -0.05) is 13.0 Å². The van der Waals surface area contributed by atoms with E-state index in [1.54, 1.807) is 0 Å².